The third-order valence-corrected chi connectivity index (χ3v) is 2.71. The van der Waals surface area contributed by atoms with E-state index in [1.165, 1.54) is 0 Å². The summed E-state index contributed by atoms with van der Waals surface area (Å²) in [5.41, 5.74) is 0. The van der Waals surface area contributed by atoms with E-state index in [9.17, 15) is 15.0 Å². The molecule has 0 heterocycles. The Morgan fingerprint density at radius 3 is 2.40 bits per heavy atom. The van der Waals surface area contributed by atoms with Gasteiger partial charge in [0.05, 0.1) is 6.10 Å². The highest BCUT2D eigenvalue weighted by atomic mass is 16.5. The Labute approximate surface area is 118 Å². The molecule has 3 atom stereocenters. The van der Waals surface area contributed by atoms with Crippen molar-refractivity contribution in [2.45, 2.75) is 50.7 Å². The fraction of sp³-hybridized carbons (Fsp3) is 0.917. The van der Waals surface area contributed by atoms with Crippen LogP contribution in [0, 0.1) is 0 Å². The standard InChI is InChI=1S/C12H25NO7/c1-2-3-6-20-7-9(16)13-10(12(18)19)11(17)8(15)4-5-14/h8,10-12,14-15,17-19H,2-7H2,1H3,(H,13,16)/t8-,10?,11+/m1/s1. The number of carbonyl (C=O) groups excluding carboxylic acids is 1. The minimum Gasteiger partial charge on any atom is -0.396 e. The second-order valence-electron chi connectivity index (χ2n) is 4.48. The summed E-state index contributed by atoms with van der Waals surface area (Å²) >= 11 is 0. The van der Waals surface area contributed by atoms with Gasteiger partial charge in [-0.05, 0) is 12.8 Å². The minimum absolute atomic E-state index is 0.146. The van der Waals surface area contributed by atoms with Crippen molar-refractivity contribution in [1.82, 2.24) is 5.32 Å². The van der Waals surface area contributed by atoms with Crippen LogP contribution in [0.1, 0.15) is 26.2 Å². The Morgan fingerprint density at radius 2 is 1.90 bits per heavy atom. The van der Waals surface area contributed by atoms with Crippen molar-refractivity contribution < 1.29 is 35.1 Å². The van der Waals surface area contributed by atoms with Crippen LogP contribution in [0.2, 0.25) is 0 Å². The molecular formula is C12H25NO7. The number of rotatable bonds is 11. The second-order valence-corrected chi connectivity index (χ2v) is 4.48. The maximum absolute atomic E-state index is 11.5. The van der Waals surface area contributed by atoms with E-state index >= 15 is 0 Å². The third kappa shape index (κ3) is 7.73. The Balaban J connectivity index is 4.28. The van der Waals surface area contributed by atoms with Gasteiger partial charge in [-0.3, -0.25) is 4.79 Å². The molecule has 8 nitrogen and oxygen atoms in total. The fourth-order valence-electron chi connectivity index (χ4n) is 1.52. The van der Waals surface area contributed by atoms with Crippen LogP contribution in [0.15, 0.2) is 0 Å². The molecule has 0 fully saturated rings. The van der Waals surface area contributed by atoms with Crippen LogP contribution in [0.3, 0.4) is 0 Å². The number of ether oxygens (including phenoxy) is 1. The van der Waals surface area contributed by atoms with E-state index in [0.717, 1.165) is 12.8 Å². The zero-order valence-corrected chi connectivity index (χ0v) is 11.6. The Bertz CT molecular complexity index is 262. The average Bonchev–Trinajstić information content (AvgIpc) is 2.40. The minimum atomic E-state index is -2.04. The quantitative estimate of drug-likeness (QED) is 0.186. The normalized spacial score (nSPS) is 15.9. The molecule has 0 saturated carbocycles. The van der Waals surface area contributed by atoms with Crippen molar-refractivity contribution in [3.8, 4) is 0 Å². The highest BCUT2D eigenvalue weighted by molar-refractivity contribution is 5.77. The van der Waals surface area contributed by atoms with Crippen LogP contribution in [-0.2, 0) is 9.53 Å². The first-order valence-electron chi connectivity index (χ1n) is 6.64. The highest BCUT2D eigenvalue weighted by Gasteiger charge is 2.32. The Kier molecular flexibility index (Phi) is 10.5. The third-order valence-electron chi connectivity index (χ3n) is 2.71. The van der Waals surface area contributed by atoms with Crippen molar-refractivity contribution in [2.24, 2.45) is 0 Å². The topological polar surface area (TPSA) is 139 Å². The van der Waals surface area contributed by atoms with Gasteiger partial charge in [0.25, 0.3) is 0 Å². The molecule has 0 spiro atoms. The summed E-state index contributed by atoms with van der Waals surface area (Å²) in [5.74, 6) is -0.630. The summed E-state index contributed by atoms with van der Waals surface area (Å²) < 4.78 is 5.04. The van der Waals surface area contributed by atoms with Crippen molar-refractivity contribution in [3.05, 3.63) is 0 Å². The molecule has 0 aliphatic rings. The zero-order chi connectivity index (χ0) is 15.5. The van der Waals surface area contributed by atoms with Crippen molar-refractivity contribution in [3.63, 3.8) is 0 Å². The van der Waals surface area contributed by atoms with Gasteiger partial charge in [-0.15, -0.1) is 0 Å². The number of aliphatic hydroxyl groups excluding tert-OH is 4. The predicted molar refractivity (Wildman–Crippen MR) is 69.6 cm³/mol. The molecule has 0 aromatic rings. The van der Waals surface area contributed by atoms with Crippen molar-refractivity contribution in [1.29, 1.82) is 0 Å². The molecule has 1 amide bonds. The van der Waals surface area contributed by atoms with E-state index in [4.69, 9.17) is 20.1 Å². The van der Waals surface area contributed by atoms with Gasteiger partial charge in [0.1, 0.15) is 18.8 Å². The van der Waals surface area contributed by atoms with E-state index in [1.54, 1.807) is 0 Å². The predicted octanol–water partition coefficient (Wildman–Crippen LogP) is -2.30. The molecule has 120 valence electrons. The van der Waals surface area contributed by atoms with E-state index in [-0.39, 0.29) is 19.6 Å². The monoisotopic (exact) mass is 295 g/mol. The molecule has 20 heavy (non-hydrogen) atoms. The number of unbranched alkanes of at least 4 members (excludes halogenated alkanes) is 1. The molecule has 0 saturated heterocycles. The summed E-state index contributed by atoms with van der Waals surface area (Å²) in [7, 11) is 0. The summed E-state index contributed by atoms with van der Waals surface area (Å²) in [6, 6.07) is -1.46. The molecule has 0 aliphatic carbocycles. The average molecular weight is 295 g/mol. The summed E-state index contributed by atoms with van der Waals surface area (Å²) in [6.45, 7) is 1.74. The molecule has 0 rings (SSSR count). The van der Waals surface area contributed by atoms with Gasteiger partial charge in [-0.25, -0.2) is 0 Å². The molecule has 1 unspecified atom stereocenters. The maximum Gasteiger partial charge on any atom is 0.246 e. The van der Waals surface area contributed by atoms with Gasteiger partial charge in [0.15, 0.2) is 6.29 Å². The smallest absolute Gasteiger partial charge is 0.246 e. The molecule has 0 radical (unpaired) electrons. The fourth-order valence-corrected chi connectivity index (χ4v) is 1.52. The maximum atomic E-state index is 11.5. The lowest BCUT2D eigenvalue weighted by Gasteiger charge is -2.28. The Morgan fingerprint density at radius 1 is 1.25 bits per heavy atom. The summed E-state index contributed by atoms with van der Waals surface area (Å²) in [6.07, 6.45) is -3.45. The highest BCUT2D eigenvalue weighted by Crippen LogP contribution is 2.07. The second kappa shape index (κ2) is 11.0. The van der Waals surface area contributed by atoms with Gasteiger partial charge >= 0.3 is 0 Å². The van der Waals surface area contributed by atoms with E-state index < -0.39 is 30.4 Å². The van der Waals surface area contributed by atoms with Crippen LogP contribution < -0.4 is 5.32 Å². The van der Waals surface area contributed by atoms with Gasteiger partial charge in [0, 0.05) is 13.2 Å². The largest absolute Gasteiger partial charge is 0.396 e. The number of nitrogens with one attached hydrogen (secondary N) is 1. The number of amides is 1. The van der Waals surface area contributed by atoms with Crippen LogP contribution in [0.25, 0.3) is 0 Å². The molecule has 8 heteroatoms. The van der Waals surface area contributed by atoms with Gasteiger partial charge in [-0.1, -0.05) is 13.3 Å². The lowest BCUT2D eigenvalue weighted by atomic mass is 10.0. The van der Waals surface area contributed by atoms with E-state index in [2.05, 4.69) is 5.32 Å². The number of carbonyl (C=O) groups is 1. The van der Waals surface area contributed by atoms with Gasteiger partial charge in [0.2, 0.25) is 5.91 Å². The molecule has 6 N–H and O–H groups in total. The number of hydrogen-bond donors (Lipinski definition) is 6. The number of hydrogen-bond acceptors (Lipinski definition) is 7. The lowest BCUT2D eigenvalue weighted by Crippen LogP contribution is -2.55. The van der Waals surface area contributed by atoms with Crippen molar-refractivity contribution in [2.75, 3.05) is 19.8 Å². The summed E-state index contributed by atoms with van der Waals surface area (Å²) in [4.78, 5) is 11.5. The van der Waals surface area contributed by atoms with Gasteiger partial charge in [-0.2, -0.15) is 0 Å². The van der Waals surface area contributed by atoms with Gasteiger partial charge < -0.3 is 35.6 Å². The summed E-state index contributed by atoms with van der Waals surface area (Å²) in [5, 5.41) is 48.3. The Hall–Kier alpha value is -0.770. The van der Waals surface area contributed by atoms with Crippen LogP contribution in [0.5, 0.6) is 0 Å². The first-order valence-corrected chi connectivity index (χ1v) is 6.64. The van der Waals surface area contributed by atoms with Crippen LogP contribution in [0.4, 0.5) is 0 Å². The molecule has 0 aliphatic heterocycles. The van der Waals surface area contributed by atoms with Crippen LogP contribution >= 0.6 is 0 Å². The first kappa shape index (κ1) is 19.2. The zero-order valence-electron chi connectivity index (χ0n) is 11.6. The van der Waals surface area contributed by atoms with Crippen molar-refractivity contribution >= 4 is 5.91 Å². The lowest BCUT2D eigenvalue weighted by molar-refractivity contribution is -0.143. The molecule has 0 bridgehead atoms. The molecule has 0 aromatic heterocycles. The molecule has 0 aromatic carbocycles. The number of aliphatic hydroxyl groups is 5. The van der Waals surface area contributed by atoms with E-state index in [1.807, 2.05) is 6.92 Å². The SMILES string of the molecule is CCCCOCC(=O)NC(C(O)O)[C@@H](O)[C@H](O)CCO. The first-order chi connectivity index (χ1) is 9.43. The molecular weight excluding hydrogens is 270 g/mol. The van der Waals surface area contributed by atoms with Crippen LogP contribution in [-0.4, -0.2) is 75.8 Å². The van der Waals surface area contributed by atoms with E-state index in [0.29, 0.717) is 6.61 Å².